The van der Waals surface area contributed by atoms with E-state index < -0.39 is 23.5 Å². The Labute approximate surface area is 225 Å². The molecule has 0 aliphatic carbocycles. The number of nitrogens with zero attached hydrogens (tertiary/aromatic N) is 1. The second-order valence-corrected chi connectivity index (χ2v) is 8.53. The minimum atomic E-state index is -1.09. The van der Waals surface area contributed by atoms with Crippen molar-refractivity contribution in [2.75, 3.05) is 23.8 Å². The molecule has 3 N–H and O–H groups in total. The van der Waals surface area contributed by atoms with Gasteiger partial charge in [0.15, 0.2) is 18.1 Å². The lowest BCUT2D eigenvalue weighted by Crippen LogP contribution is -2.32. The lowest BCUT2D eigenvalue weighted by atomic mass is 10.2. The molecule has 0 aliphatic rings. The summed E-state index contributed by atoms with van der Waals surface area (Å²) < 4.78 is 25.4. The lowest BCUT2D eigenvalue weighted by molar-refractivity contribution is -0.136. The van der Waals surface area contributed by atoms with E-state index in [4.69, 9.17) is 21.1 Å². The van der Waals surface area contributed by atoms with Gasteiger partial charge in [-0.05, 0) is 70.9 Å². The second-order valence-electron chi connectivity index (χ2n) is 7.24. The highest BCUT2D eigenvalue weighted by atomic mass is 79.9. The van der Waals surface area contributed by atoms with Crippen molar-refractivity contribution in [3.05, 3.63) is 81.5 Å². The maximum absolute atomic E-state index is 13.6. The molecule has 0 aliphatic heterocycles. The number of hydrazone groups is 1. The van der Waals surface area contributed by atoms with Crippen LogP contribution in [-0.4, -0.2) is 37.1 Å². The highest BCUT2D eigenvalue weighted by Gasteiger charge is 2.16. The van der Waals surface area contributed by atoms with Gasteiger partial charge in [-0.25, -0.2) is 9.82 Å². The van der Waals surface area contributed by atoms with Gasteiger partial charge in [0.2, 0.25) is 0 Å². The Morgan fingerprint density at radius 1 is 1.03 bits per heavy atom. The molecule has 3 rings (SSSR count). The molecular weight excluding hydrogens is 571 g/mol. The summed E-state index contributed by atoms with van der Waals surface area (Å²) in [5, 5.41) is 9.08. The monoisotopic (exact) mass is 590 g/mol. The standard InChI is InChI=1S/C25H21BrClFN4O5/c1-2-36-21-11-15(13-29-32-25(35)24(34)31-20-9-4-3-8-19(20)28)10-18(26)23(21)37-14-22(33)30-17-7-5-6-16(27)12-17/h3-13H,2,14H2,1H3,(H,30,33)(H,31,34)(H,32,35)/b29-13-. The number of carbonyl (C=O) groups excluding carboxylic acids is 3. The van der Waals surface area contributed by atoms with Gasteiger partial charge in [-0.2, -0.15) is 5.10 Å². The number of halogens is 3. The predicted molar refractivity (Wildman–Crippen MR) is 142 cm³/mol. The van der Waals surface area contributed by atoms with Crippen molar-refractivity contribution in [1.82, 2.24) is 5.43 Å². The van der Waals surface area contributed by atoms with E-state index in [-0.39, 0.29) is 18.0 Å². The van der Waals surface area contributed by atoms with Gasteiger partial charge in [0, 0.05) is 10.7 Å². The van der Waals surface area contributed by atoms with Crippen molar-refractivity contribution >= 4 is 62.8 Å². The summed E-state index contributed by atoms with van der Waals surface area (Å²) in [7, 11) is 0. The minimum Gasteiger partial charge on any atom is -0.490 e. The van der Waals surface area contributed by atoms with Crippen LogP contribution in [0.1, 0.15) is 12.5 Å². The molecule has 0 heterocycles. The van der Waals surface area contributed by atoms with Crippen molar-refractivity contribution in [2.45, 2.75) is 6.92 Å². The smallest absolute Gasteiger partial charge is 0.329 e. The van der Waals surface area contributed by atoms with Crippen LogP contribution in [0.25, 0.3) is 0 Å². The molecule has 0 saturated heterocycles. The van der Waals surface area contributed by atoms with Gasteiger partial charge in [-0.15, -0.1) is 0 Å². The van der Waals surface area contributed by atoms with Crippen molar-refractivity contribution in [2.24, 2.45) is 5.10 Å². The quantitative estimate of drug-likeness (QED) is 0.189. The topological polar surface area (TPSA) is 118 Å². The molecule has 37 heavy (non-hydrogen) atoms. The summed E-state index contributed by atoms with van der Waals surface area (Å²) in [6.07, 6.45) is 1.27. The third-order valence-electron chi connectivity index (χ3n) is 4.50. The Morgan fingerprint density at radius 3 is 2.54 bits per heavy atom. The first-order valence-electron chi connectivity index (χ1n) is 10.8. The summed E-state index contributed by atoms with van der Waals surface area (Å²) >= 11 is 9.31. The third kappa shape index (κ3) is 8.29. The van der Waals surface area contributed by atoms with Crippen molar-refractivity contribution in [3.63, 3.8) is 0 Å². The summed E-state index contributed by atoms with van der Waals surface area (Å²) in [5.41, 5.74) is 2.95. The van der Waals surface area contributed by atoms with Crippen LogP contribution in [0, 0.1) is 5.82 Å². The predicted octanol–water partition coefficient (Wildman–Crippen LogP) is 4.75. The number of para-hydroxylation sites is 1. The first-order valence-corrected chi connectivity index (χ1v) is 12.0. The SMILES string of the molecule is CCOc1cc(/C=N\NC(=O)C(=O)Nc2ccccc2F)cc(Br)c1OCC(=O)Nc1cccc(Cl)c1. The van der Waals surface area contributed by atoms with Crippen LogP contribution in [0.3, 0.4) is 0 Å². The molecule has 192 valence electrons. The van der Waals surface area contributed by atoms with Crippen LogP contribution in [0.2, 0.25) is 5.02 Å². The van der Waals surface area contributed by atoms with E-state index in [1.807, 2.05) is 0 Å². The zero-order chi connectivity index (χ0) is 26.8. The van der Waals surface area contributed by atoms with Gasteiger partial charge < -0.3 is 20.1 Å². The normalized spacial score (nSPS) is 10.6. The first-order chi connectivity index (χ1) is 17.8. The molecule has 3 aromatic rings. The average molecular weight is 592 g/mol. The van der Waals surface area contributed by atoms with Crippen molar-refractivity contribution < 1.29 is 28.2 Å². The number of nitrogens with one attached hydrogen (secondary N) is 3. The van der Waals surface area contributed by atoms with E-state index in [9.17, 15) is 18.8 Å². The highest BCUT2D eigenvalue weighted by Crippen LogP contribution is 2.36. The second kappa shape index (κ2) is 13.4. The number of carbonyl (C=O) groups is 3. The van der Waals surface area contributed by atoms with Gasteiger partial charge in [0.1, 0.15) is 5.82 Å². The van der Waals surface area contributed by atoms with E-state index in [0.717, 1.165) is 6.07 Å². The van der Waals surface area contributed by atoms with E-state index >= 15 is 0 Å². The molecule has 9 nitrogen and oxygen atoms in total. The van der Waals surface area contributed by atoms with Crippen LogP contribution in [0.4, 0.5) is 15.8 Å². The molecule has 0 unspecified atom stereocenters. The molecule has 12 heteroatoms. The molecule has 3 amide bonds. The van der Waals surface area contributed by atoms with Crippen molar-refractivity contribution in [3.8, 4) is 11.5 Å². The number of rotatable bonds is 9. The number of hydrogen-bond acceptors (Lipinski definition) is 6. The Morgan fingerprint density at radius 2 is 1.81 bits per heavy atom. The van der Waals surface area contributed by atoms with E-state index in [0.29, 0.717) is 33.1 Å². The maximum Gasteiger partial charge on any atom is 0.329 e. The summed E-state index contributed by atoms with van der Waals surface area (Å²) in [4.78, 5) is 36.2. The summed E-state index contributed by atoms with van der Waals surface area (Å²) in [5.74, 6) is -2.65. The molecule has 3 aromatic carbocycles. The van der Waals surface area contributed by atoms with Crippen LogP contribution in [-0.2, 0) is 14.4 Å². The van der Waals surface area contributed by atoms with Crippen LogP contribution >= 0.6 is 27.5 Å². The number of ether oxygens (including phenoxy) is 2. The molecule has 0 spiro atoms. The summed E-state index contributed by atoms with van der Waals surface area (Å²) in [6, 6.07) is 15.3. The molecule has 0 aromatic heterocycles. The minimum absolute atomic E-state index is 0.131. The van der Waals surface area contributed by atoms with Crippen molar-refractivity contribution in [1.29, 1.82) is 0 Å². The fourth-order valence-electron chi connectivity index (χ4n) is 2.92. The van der Waals surface area contributed by atoms with Gasteiger partial charge in [-0.1, -0.05) is 29.8 Å². The molecule has 0 saturated carbocycles. The number of anilines is 2. The molecule has 0 atom stereocenters. The van der Waals surface area contributed by atoms with E-state index in [1.165, 1.54) is 24.4 Å². The largest absolute Gasteiger partial charge is 0.490 e. The van der Waals surface area contributed by atoms with Gasteiger partial charge in [0.05, 0.1) is 23.0 Å². The Hall–Kier alpha value is -3.96. The fourth-order valence-corrected chi connectivity index (χ4v) is 3.69. The lowest BCUT2D eigenvalue weighted by Gasteiger charge is -2.14. The van der Waals surface area contributed by atoms with Gasteiger partial charge >= 0.3 is 11.8 Å². The fraction of sp³-hybridized carbons (Fsp3) is 0.120. The molecular formula is C25H21BrClFN4O5. The van der Waals surface area contributed by atoms with Gasteiger partial charge in [0.25, 0.3) is 5.91 Å². The Balaban J connectivity index is 1.62. The van der Waals surface area contributed by atoms with Gasteiger partial charge in [-0.3, -0.25) is 14.4 Å². The van der Waals surface area contributed by atoms with E-state index in [2.05, 4.69) is 37.1 Å². The van der Waals surface area contributed by atoms with E-state index in [1.54, 1.807) is 43.3 Å². The Kier molecular flexibility index (Phi) is 9.99. The zero-order valence-corrected chi connectivity index (χ0v) is 21.7. The zero-order valence-electron chi connectivity index (χ0n) is 19.4. The first kappa shape index (κ1) is 27.6. The average Bonchev–Trinajstić information content (AvgIpc) is 2.85. The number of amides is 3. The van der Waals surface area contributed by atoms with Crippen LogP contribution in [0.15, 0.2) is 70.2 Å². The van der Waals surface area contributed by atoms with Crippen LogP contribution < -0.4 is 25.5 Å². The number of benzene rings is 3. The van der Waals surface area contributed by atoms with Crippen LogP contribution in [0.5, 0.6) is 11.5 Å². The summed E-state index contributed by atoms with van der Waals surface area (Å²) in [6.45, 7) is 1.79. The Bertz CT molecular complexity index is 1340. The molecule has 0 fully saturated rings. The number of hydrogen-bond donors (Lipinski definition) is 3. The maximum atomic E-state index is 13.6. The molecule has 0 bridgehead atoms. The third-order valence-corrected chi connectivity index (χ3v) is 5.32. The highest BCUT2D eigenvalue weighted by molar-refractivity contribution is 9.10. The molecule has 0 radical (unpaired) electrons.